The highest BCUT2D eigenvalue weighted by Gasteiger charge is 2.40. The number of likely N-dealkylation sites (tertiary alicyclic amines) is 1. The van der Waals surface area contributed by atoms with Crippen molar-refractivity contribution in [2.75, 3.05) is 43.5 Å². The summed E-state index contributed by atoms with van der Waals surface area (Å²) in [6.07, 6.45) is -3.52. The minimum absolute atomic E-state index is 0.0288. The minimum atomic E-state index is -5.02. The molecule has 2 aliphatic heterocycles. The molecule has 2 fully saturated rings. The molecule has 2 aliphatic rings. The van der Waals surface area contributed by atoms with Crippen LogP contribution in [0.4, 0.5) is 29.5 Å². The van der Waals surface area contributed by atoms with Crippen molar-refractivity contribution in [1.29, 1.82) is 0 Å². The normalized spacial score (nSPS) is 19.2. The molecule has 1 unspecified atom stereocenters. The van der Waals surface area contributed by atoms with Crippen molar-refractivity contribution in [3.05, 3.63) is 78.2 Å². The molecule has 13 nitrogen and oxygen atoms in total. The molecule has 0 radical (unpaired) electrons. The van der Waals surface area contributed by atoms with Gasteiger partial charge in [0, 0.05) is 48.7 Å². The SMILES string of the molecule is COC(=O)N[C@H](C(=O)N1C[C@@H](C)C[C@H]1c1nc2c(ccc3cc(-c4ccc(C(=O)Nc5ccc(N6CCNCC6C)nc5)cc4OC(F)(F)F)ccc32)[nH]1)C(C)C. The van der Waals surface area contributed by atoms with E-state index in [0.29, 0.717) is 40.9 Å². The molecule has 300 valence electrons. The molecule has 3 aromatic carbocycles. The average Bonchev–Trinajstić information content (AvgIpc) is 3.80. The number of ether oxygens (including phenoxy) is 2. The number of H-pyrrole nitrogens is 1. The van der Waals surface area contributed by atoms with Crippen molar-refractivity contribution in [3.63, 3.8) is 0 Å². The first kappa shape index (κ1) is 39.3. The highest BCUT2D eigenvalue weighted by molar-refractivity contribution is 6.07. The summed E-state index contributed by atoms with van der Waals surface area (Å²) >= 11 is 0. The van der Waals surface area contributed by atoms with E-state index in [0.717, 1.165) is 42.4 Å². The number of carbonyl (C=O) groups excluding carboxylic acids is 3. The van der Waals surface area contributed by atoms with Gasteiger partial charge in [0.15, 0.2) is 0 Å². The lowest BCUT2D eigenvalue weighted by Gasteiger charge is -2.34. The van der Waals surface area contributed by atoms with E-state index in [4.69, 9.17) is 9.72 Å². The maximum absolute atomic E-state index is 13.8. The third-order valence-electron chi connectivity index (χ3n) is 10.6. The number of alkyl halides is 3. The van der Waals surface area contributed by atoms with Crippen molar-refractivity contribution in [1.82, 2.24) is 30.5 Å². The number of aromatic nitrogens is 3. The largest absolute Gasteiger partial charge is 0.573 e. The molecule has 0 spiro atoms. The quantitative estimate of drug-likeness (QED) is 0.124. The molecule has 0 aliphatic carbocycles. The van der Waals surface area contributed by atoms with Crippen molar-refractivity contribution >= 4 is 51.2 Å². The molecule has 2 saturated heterocycles. The van der Waals surface area contributed by atoms with Gasteiger partial charge in [0.25, 0.3) is 5.91 Å². The van der Waals surface area contributed by atoms with Crippen LogP contribution in [0.15, 0.2) is 66.9 Å². The fourth-order valence-electron chi connectivity index (χ4n) is 7.70. The van der Waals surface area contributed by atoms with Gasteiger partial charge < -0.3 is 40.2 Å². The summed E-state index contributed by atoms with van der Waals surface area (Å²) in [6.45, 7) is 10.8. The number of amides is 3. The van der Waals surface area contributed by atoms with E-state index in [1.165, 1.54) is 25.4 Å². The number of nitrogens with zero attached hydrogens (tertiary/aromatic N) is 4. The van der Waals surface area contributed by atoms with Gasteiger partial charge in [0.05, 0.1) is 36.1 Å². The summed E-state index contributed by atoms with van der Waals surface area (Å²) in [7, 11) is 1.25. The molecular weight excluding hydrogens is 741 g/mol. The Labute approximate surface area is 327 Å². The van der Waals surface area contributed by atoms with Crippen LogP contribution in [0, 0.1) is 11.8 Å². The van der Waals surface area contributed by atoms with Crippen LogP contribution in [-0.2, 0) is 9.53 Å². The monoisotopic (exact) mass is 786 g/mol. The molecule has 2 aromatic heterocycles. The van der Waals surface area contributed by atoms with Gasteiger partial charge in [-0.15, -0.1) is 13.2 Å². The summed E-state index contributed by atoms with van der Waals surface area (Å²) in [5.74, 6) is -0.0280. The van der Waals surface area contributed by atoms with Gasteiger partial charge in [-0.3, -0.25) is 9.59 Å². The molecule has 5 aromatic rings. The van der Waals surface area contributed by atoms with Gasteiger partial charge >= 0.3 is 12.5 Å². The molecular formula is C41H45F3N8O5. The molecule has 0 bridgehead atoms. The zero-order valence-corrected chi connectivity index (χ0v) is 32.2. The van der Waals surface area contributed by atoms with Crippen molar-refractivity contribution < 1.29 is 37.0 Å². The van der Waals surface area contributed by atoms with Crippen LogP contribution in [0.25, 0.3) is 32.9 Å². The standard InChI is InChI=1S/C41H45F3N8O5/c1-22(2)35(50-40(55)56-5)39(54)52-21-23(3)16-32(52)37-48-31-12-8-26-17-25(6-11-30(26)36(31)49-37)29-10-7-27(18-33(29)57-41(42,43)44)38(53)47-28-9-13-34(46-20-28)51-15-14-45-19-24(51)4/h6-13,17-18,20,22-24,32,35,45H,14-16,19,21H2,1-5H3,(H,47,53)(H,48,49)(H,50,55)/t23-,24?,32-,35-/m0/s1. The number of fused-ring (bicyclic) bond motifs is 3. The van der Waals surface area contributed by atoms with Crippen molar-refractivity contribution in [2.24, 2.45) is 11.8 Å². The smallest absolute Gasteiger partial charge is 0.453 e. The van der Waals surface area contributed by atoms with Crippen LogP contribution in [0.5, 0.6) is 5.75 Å². The van der Waals surface area contributed by atoms with Crippen LogP contribution >= 0.6 is 0 Å². The average molecular weight is 787 g/mol. The lowest BCUT2D eigenvalue weighted by atomic mass is 9.98. The summed E-state index contributed by atoms with van der Waals surface area (Å²) in [4.78, 5) is 55.8. The zero-order valence-electron chi connectivity index (χ0n) is 32.2. The lowest BCUT2D eigenvalue weighted by molar-refractivity contribution is -0.274. The molecule has 4 heterocycles. The lowest BCUT2D eigenvalue weighted by Crippen LogP contribution is -2.51. The van der Waals surface area contributed by atoms with Crippen LogP contribution in [-0.4, -0.2) is 89.5 Å². The molecule has 3 amide bonds. The molecule has 4 atom stereocenters. The summed E-state index contributed by atoms with van der Waals surface area (Å²) in [6, 6.07) is 15.4. The van der Waals surface area contributed by atoms with E-state index in [1.807, 2.05) is 26.0 Å². The van der Waals surface area contributed by atoms with Gasteiger partial charge in [0.1, 0.15) is 23.4 Å². The molecule has 0 saturated carbocycles. The molecule has 7 rings (SSSR count). The summed E-state index contributed by atoms with van der Waals surface area (Å²) in [5.41, 5.74) is 2.30. The second kappa shape index (κ2) is 15.9. The number of rotatable bonds is 9. The Kier molecular flexibility index (Phi) is 11.0. The highest BCUT2D eigenvalue weighted by atomic mass is 19.4. The van der Waals surface area contributed by atoms with Gasteiger partial charge in [-0.1, -0.05) is 39.0 Å². The fraction of sp³-hybridized carbons (Fsp3) is 0.390. The number of hydrogen-bond acceptors (Lipinski definition) is 9. The number of imidazole rings is 1. The maximum atomic E-state index is 13.8. The van der Waals surface area contributed by atoms with Crippen LogP contribution in [0.3, 0.4) is 0 Å². The maximum Gasteiger partial charge on any atom is 0.573 e. The molecule has 4 N–H and O–H groups in total. The number of halogens is 3. The number of pyridine rings is 1. The number of hydrogen-bond donors (Lipinski definition) is 4. The Bertz CT molecular complexity index is 2300. The summed E-state index contributed by atoms with van der Waals surface area (Å²) in [5, 5.41) is 10.2. The predicted molar refractivity (Wildman–Crippen MR) is 210 cm³/mol. The van der Waals surface area contributed by atoms with E-state index in [1.54, 1.807) is 35.2 Å². The Balaban J connectivity index is 1.15. The topological polar surface area (TPSA) is 154 Å². The minimum Gasteiger partial charge on any atom is -0.453 e. The number of alkyl carbamates (subject to hydrolysis) is 1. The third kappa shape index (κ3) is 8.45. The van der Waals surface area contributed by atoms with Gasteiger partial charge in [-0.25, -0.2) is 14.8 Å². The first-order chi connectivity index (χ1) is 27.2. The number of benzene rings is 3. The van der Waals surface area contributed by atoms with Gasteiger partial charge in [-0.2, -0.15) is 0 Å². The highest BCUT2D eigenvalue weighted by Crippen LogP contribution is 2.39. The number of methoxy groups -OCH3 is 1. The number of carbonyl (C=O) groups is 3. The van der Waals surface area contributed by atoms with Crippen molar-refractivity contribution in [3.8, 4) is 16.9 Å². The number of anilines is 2. The predicted octanol–water partition coefficient (Wildman–Crippen LogP) is 7.02. The fourth-order valence-corrected chi connectivity index (χ4v) is 7.70. The van der Waals surface area contributed by atoms with Crippen LogP contribution < -0.4 is 25.6 Å². The van der Waals surface area contributed by atoms with Crippen LogP contribution in [0.1, 0.15) is 56.3 Å². The van der Waals surface area contributed by atoms with Crippen LogP contribution in [0.2, 0.25) is 0 Å². The molecule has 57 heavy (non-hydrogen) atoms. The first-order valence-corrected chi connectivity index (χ1v) is 18.9. The van der Waals surface area contributed by atoms with Gasteiger partial charge in [-0.05, 0) is 78.6 Å². The summed E-state index contributed by atoms with van der Waals surface area (Å²) < 4.78 is 50.5. The van der Waals surface area contributed by atoms with E-state index < -0.39 is 30.2 Å². The zero-order chi connectivity index (χ0) is 40.6. The van der Waals surface area contributed by atoms with E-state index >= 15 is 0 Å². The van der Waals surface area contributed by atoms with E-state index in [9.17, 15) is 27.6 Å². The number of nitrogens with one attached hydrogen (secondary N) is 4. The van der Waals surface area contributed by atoms with Crippen molar-refractivity contribution in [2.45, 2.75) is 58.6 Å². The Morgan fingerprint density at radius 3 is 2.53 bits per heavy atom. The Hall–Kier alpha value is -5.90. The second-order valence-corrected chi connectivity index (χ2v) is 15.1. The van der Waals surface area contributed by atoms with E-state index in [2.05, 4.69) is 49.4 Å². The molecule has 16 heteroatoms. The Morgan fingerprint density at radius 1 is 1.02 bits per heavy atom. The van der Waals surface area contributed by atoms with Gasteiger partial charge in [0.2, 0.25) is 5.91 Å². The first-order valence-electron chi connectivity index (χ1n) is 18.9. The second-order valence-electron chi connectivity index (χ2n) is 15.1. The third-order valence-corrected chi connectivity index (χ3v) is 10.6. The van der Waals surface area contributed by atoms with E-state index in [-0.39, 0.29) is 41.0 Å². The number of piperazine rings is 1. The number of aromatic amines is 1. The Morgan fingerprint density at radius 2 is 1.82 bits per heavy atom.